The maximum Gasteiger partial charge on any atom is 0.301 e. The van der Waals surface area contributed by atoms with E-state index in [9.17, 15) is 27.2 Å². The van der Waals surface area contributed by atoms with Gasteiger partial charge in [-0.3, -0.25) is 14.4 Å². The molecule has 2 aliphatic rings. The molecule has 2 N–H and O–H groups in total. The Bertz CT molecular complexity index is 1400. The smallest absolute Gasteiger partial charge is 0.301 e. The highest BCUT2D eigenvalue weighted by molar-refractivity contribution is 7.91. The summed E-state index contributed by atoms with van der Waals surface area (Å²) in [4.78, 5) is 41.9. The molecule has 212 valence electrons. The summed E-state index contributed by atoms with van der Waals surface area (Å²) in [7, 11) is -1.53. The van der Waals surface area contributed by atoms with Crippen LogP contribution in [0.1, 0.15) is 101 Å². The molecule has 1 aromatic carbocycles. The quantitative estimate of drug-likeness (QED) is 0.396. The average molecular weight is 560 g/mol. The van der Waals surface area contributed by atoms with Gasteiger partial charge in [-0.25, -0.2) is 12.8 Å². The molecule has 10 heteroatoms. The zero-order valence-corrected chi connectivity index (χ0v) is 23.9. The van der Waals surface area contributed by atoms with Crippen LogP contribution in [0.4, 0.5) is 10.1 Å². The Balaban J connectivity index is 1.75. The fourth-order valence-corrected chi connectivity index (χ4v) is 7.68. The van der Waals surface area contributed by atoms with Crippen LogP contribution in [-0.4, -0.2) is 48.1 Å². The minimum absolute atomic E-state index is 0.0729. The summed E-state index contributed by atoms with van der Waals surface area (Å²) in [6, 6.07) is 3.83. The summed E-state index contributed by atoms with van der Waals surface area (Å²) in [6.07, 6.45) is 7.62. The van der Waals surface area contributed by atoms with Crippen molar-refractivity contribution in [2.45, 2.75) is 88.8 Å². The molecular formula is C29H38FN3O5S. The number of sulfone groups is 1. The number of anilines is 1. The van der Waals surface area contributed by atoms with E-state index in [0.29, 0.717) is 53.8 Å². The SMILES string of the molecule is Cc1cc(N(C(=O)C(=O)c2c(C)c(C(N)=O)c(C3CCCCC3)n2C)C2CCC(S(C)(=O)=O)CC2)ccc1F. The largest absolute Gasteiger partial charge is 0.366 e. The third-order valence-electron chi connectivity index (χ3n) is 8.58. The number of rotatable bonds is 7. The molecule has 0 spiro atoms. The average Bonchev–Trinajstić information content (AvgIpc) is 3.16. The van der Waals surface area contributed by atoms with E-state index in [1.54, 1.807) is 25.5 Å². The van der Waals surface area contributed by atoms with Gasteiger partial charge in [0.15, 0.2) is 0 Å². The Kier molecular flexibility index (Phi) is 8.35. The predicted molar refractivity (Wildman–Crippen MR) is 148 cm³/mol. The molecule has 1 heterocycles. The lowest BCUT2D eigenvalue weighted by molar-refractivity contribution is -0.115. The molecule has 4 rings (SSSR count). The van der Waals surface area contributed by atoms with Gasteiger partial charge in [0.2, 0.25) is 0 Å². The van der Waals surface area contributed by atoms with Gasteiger partial charge in [-0.15, -0.1) is 0 Å². The topological polar surface area (TPSA) is 120 Å². The number of aryl methyl sites for hydroxylation is 1. The molecule has 2 aliphatic carbocycles. The first-order valence-corrected chi connectivity index (χ1v) is 15.6. The van der Waals surface area contributed by atoms with Crippen molar-refractivity contribution >= 4 is 33.1 Å². The zero-order valence-electron chi connectivity index (χ0n) is 23.1. The molecule has 0 radical (unpaired) electrons. The number of hydrogen-bond acceptors (Lipinski definition) is 5. The number of hydrogen-bond donors (Lipinski definition) is 1. The van der Waals surface area contributed by atoms with Gasteiger partial charge in [-0.1, -0.05) is 19.3 Å². The molecule has 0 atom stereocenters. The molecule has 1 aromatic heterocycles. The Morgan fingerprint density at radius 3 is 2.15 bits per heavy atom. The van der Waals surface area contributed by atoms with E-state index in [4.69, 9.17) is 5.73 Å². The number of carbonyl (C=O) groups excluding carboxylic acids is 3. The van der Waals surface area contributed by atoms with Gasteiger partial charge in [0, 0.05) is 36.6 Å². The Morgan fingerprint density at radius 2 is 1.62 bits per heavy atom. The number of primary amides is 1. The van der Waals surface area contributed by atoms with E-state index in [1.165, 1.54) is 29.4 Å². The number of halogens is 1. The lowest BCUT2D eigenvalue weighted by Crippen LogP contribution is -2.47. The Morgan fingerprint density at radius 1 is 1.00 bits per heavy atom. The predicted octanol–water partition coefficient (Wildman–Crippen LogP) is 4.50. The van der Waals surface area contributed by atoms with Crippen LogP contribution < -0.4 is 10.6 Å². The molecule has 8 nitrogen and oxygen atoms in total. The van der Waals surface area contributed by atoms with Crippen LogP contribution in [0.3, 0.4) is 0 Å². The molecule has 0 aliphatic heterocycles. The van der Waals surface area contributed by atoms with Crippen molar-refractivity contribution in [3.8, 4) is 0 Å². The van der Waals surface area contributed by atoms with Crippen LogP contribution in [0.2, 0.25) is 0 Å². The van der Waals surface area contributed by atoms with Crippen molar-refractivity contribution in [1.82, 2.24) is 4.57 Å². The van der Waals surface area contributed by atoms with Crippen molar-refractivity contribution in [2.24, 2.45) is 12.8 Å². The van der Waals surface area contributed by atoms with Crippen LogP contribution in [0, 0.1) is 19.7 Å². The fourth-order valence-electron chi connectivity index (χ4n) is 6.55. The molecule has 39 heavy (non-hydrogen) atoms. The number of nitrogens with zero attached hydrogens (tertiary/aromatic N) is 2. The van der Waals surface area contributed by atoms with Gasteiger partial charge < -0.3 is 15.2 Å². The molecule has 0 bridgehead atoms. The molecule has 2 amide bonds. The van der Waals surface area contributed by atoms with E-state index >= 15 is 0 Å². The summed E-state index contributed by atoms with van der Waals surface area (Å²) >= 11 is 0. The number of aromatic nitrogens is 1. The maximum atomic E-state index is 14.1. The van der Waals surface area contributed by atoms with Gasteiger partial charge >= 0.3 is 5.91 Å². The third-order valence-corrected chi connectivity index (χ3v) is 10.3. The number of carbonyl (C=O) groups is 3. The molecule has 0 unspecified atom stereocenters. The van der Waals surface area contributed by atoms with Gasteiger partial charge in [0.05, 0.1) is 16.5 Å². The van der Waals surface area contributed by atoms with Crippen molar-refractivity contribution in [2.75, 3.05) is 11.2 Å². The van der Waals surface area contributed by atoms with Gasteiger partial charge in [0.1, 0.15) is 15.7 Å². The normalized spacial score (nSPS) is 20.5. The number of benzene rings is 1. The number of ketones is 1. The van der Waals surface area contributed by atoms with Crippen LogP contribution in [0.25, 0.3) is 0 Å². The second-order valence-electron chi connectivity index (χ2n) is 11.2. The summed E-state index contributed by atoms with van der Waals surface area (Å²) in [5.74, 6) is -2.55. The highest BCUT2D eigenvalue weighted by Crippen LogP contribution is 2.38. The lowest BCUT2D eigenvalue weighted by atomic mass is 9.85. The van der Waals surface area contributed by atoms with E-state index in [2.05, 4.69) is 0 Å². The first-order chi connectivity index (χ1) is 18.3. The first kappa shape index (κ1) is 29.0. The monoisotopic (exact) mass is 559 g/mol. The molecular weight excluding hydrogens is 521 g/mol. The Hall–Kier alpha value is -3.01. The second kappa shape index (κ2) is 11.2. The summed E-state index contributed by atoms with van der Waals surface area (Å²) in [5.41, 5.74) is 8.01. The first-order valence-electron chi connectivity index (χ1n) is 13.6. The van der Waals surface area contributed by atoms with Crippen molar-refractivity contribution < 1.29 is 27.2 Å². The molecule has 2 aromatic rings. The highest BCUT2D eigenvalue weighted by atomic mass is 32.2. The standard InChI is InChI=1S/C29H38FN3O5S/c1-17-16-21(12-15-23(17)30)33(20-10-13-22(14-11-20)39(4,37)38)29(36)27(34)25-18(2)24(28(31)35)26(32(25)3)19-8-6-5-7-9-19/h12,15-16,19-20,22H,5-11,13-14H2,1-4H3,(H2,31,35). The molecule has 2 saturated carbocycles. The number of amides is 2. The summed E-state index contributed by atoms with van der Waals surface area (Å²) in [6.45, 7) is 3.23. The minimum Gasteiger partial charge on any atom is -0.366 e. The van der Waals surface area contributed by atoms with E-state index in [-0.39, 0.29) is 11.6 Å². The highest BCUT2D eigenvalue weighted by Gasteiger charge is 2.39. The van der Waals surface area contributed by atoms with Crippen LogP contribution >= 0.6 is 0 Å². The summed E-state index contributed by atoms with van der Waals surface area (Å²) < 4.78 is 40.0. The van der Waals surface area contributed by atoms with Crippen LogP contribution in [-0.2, 0) is 21.7 Å². The van der Waals surface area contributed by atoms with Crippen molar-refractivity contribution in [1.29, 1.82) is 0 Å². The van der Waals surface area contributed by atoms with E-state index in [0.717, 1.165) is 32.1 Å². The summed E-state index contributed by atoms with van der Waals surface area (Å²) in [5, 5.41) is -0.498. The van der Waals surface area contributed by atoms with Crippen molar-refractivity contribution in [3.63, 3.8) is 0 Å². The minimum atomic E-state index is -3.23. The Labute approximate surface area is 229 Å². The van der Waals surface area contributed by atoms with Crippen LogP contribution in [0.15, 0.2) is 18.2 Å². The zero-order chi connectivity index (χ0) is 28.6. The van der Waals surface area contributed by atoms with Gasteiger partial charge in [-0.2, -0.15) is 0 Å². The van der Waals surface area contributed by atoms with Gasteiger partial charge in [0.25, 0.3) is 11.7 Å². The van der Waals surface area contributed by atoms with Crippen molar-refractivity contribution in [3.05, 3.63) is 52.1 Å². The lowest BCUT2D eigenvalue weighted by Gasteiger charge is -2.36. The third kappa shape index (κ3) is 5.66. The van der Waals surface area contributed by atoms with Gasteiger partial charge in [-0.05, 0) is 81.7 Å². The fraction of sp³-hybridized carbons (Fsp3) is 0.552. The second-order valence-corrected chi connectivity index (χ2v) is 13.5. The van der Waals surface area contributed by atoms with Crippen LogP contribution in [0.5, 0.6) is 0 Å². The number of nitrogens with two attached hydrogens (primary N) is 1. The molecule has 0 saturated heterocycles. The molecule has 2 fully saturated rings. The van der Waals surface area contributed by atoms with E-state index < -0.39 is 44.5 Å². The van der Waals surface area contributed by atoms with E-state index in [1.807, 2.05) is 0 Å². The maximum absolute atomic E-state index is 14.1. The number of Topliss-reactive ketones (excluding diaryl/α,β-unsaturated/α-hetero) is 1.